The molecule has 1 aromatic carbocycles. The van der Waals surface area contributed by atoms with Crippen LogP contribution in [0.15, 0.2) is 24.3 Å². The highest BCUT2D eigenvalue weighted by molar-refractivity contribution is 5.85. The summed E-state index contributed by atoms with van der Waals surface area (Å²) in [4.78, 5) is 10.5. The molecule has 0 bridgehead atoms. The van der Waals surface area contributed by atoms with Gasteiger partial charge in [0.05, 0.1) is 0 Å². The van der Waals surface area contributed by atoms with Crippen molar-refractivity contribution < 1.29 is 9.53 Å². The van der Waals surface area contributed by atoms with Gasteiger partial charge in [-0.1, -0.05) is 24.3 Å². The van der Waals surface area contributed by atoms with Crippen molar-refractivity contribution in [2.75, 3.05) is 13.7 Å². The smallest absolute Gasteiger partial charge is 0.150 e. The summed E-state index contributed by atoms with van der Waals surface area (Å²) in [6, 6.07) is 7.54. The quantitative estimate of drug-likeness (QED) is 0.824. The normalized spacial score (nSPS) is 23.8. The average molecular weight is 242 g/mol. The monoisotopic (exact) mass is 241 g/mol. The van der Waals surface area contributed by atoms with Gasteiger partial charge in [-0.2, -0.15) is 0 Å². The second-order valence-corrected chi connectivity index (χ2v) is 3.80. The zero-order chi connectivity index (χ0) is 10.7. The first kappa shape index (κ1) is 13.2. The third kappa shape index (κ3) is 2.26. The van der Waals surface area contributed by atoms with Crippen LogP contribution in [0.5, 0.6) is 0 Å². The molecule has 1 aliphatic rings. The molecule has 88 valence electrons. The van der Waals surface area contributed by atoms with Crippen LogP contribution < -0.4 is 5.32 Å². The number of benzene rings is 1. The lowest BCUT2D eigenvalue weighted by atomic mass is 10.00. The third-order valence-corrected chi connectivity index (χ3v) is 2.98. The lowest BCUT2D eigenvalue weighted by Gasteiger charge is -2.28. The highest BCUT2D eigenvalue weighted by atomic mass is 35.5. The van der Waals surface area contributed by atoms with Crippen molar-refractivity contribution in [3.63, 3.8) is 0 Å². The molecule has 1 saturated heterocycles. The van der Waals surface area contributed by atoms with E-state index in [1.165, 1.54) is 0 Å². The van der Waals surface area contributed by atoms with E-state index in [4.69, 9.17) is 4.74 Å². The van der Waals surface area contributed by atoms with Gasteiger partial charge in [-0.05, 0) is 24.9 Å². The van der Waals surface area contributed by atoms with Crippen molar-refractivity contribution in [1.29, 1.82) is 0 Å². The van der Waals surface area contributed by atoms with Gasteiger partial charge >= 0.3 is 0 Å². The Balaban J connectivity index is 0.00000128. The van der Waals surface area contributed by atoms with Gasteiger partial charge in [0.15, 0.2) is 0 Å². The Morgan fingerprint density at radius 1 is 1.38 bits per heavy atom. The first-order chi connectivity index (χ1) is 7.30. The molecule has 1 atom stereocenters. The molecule has 1 aromatic rings. The van der Waals surface area contributed by atoms with Gasteiger partial charge in [-0.25, -0.2) is 0 Å². The molecule has 0 saturated carbocycles. The zero-order valence-electron chi connectivity index (χ0n) is 9.23. The fourth-order valence-electron chi connectivity index (χ4n) is 2.09. The predicted molar refractivity (Wildman–Crippen MR) is 65.0 cm³/mol. The van der Waals surface area contributed by atoms with Crippen LogP contribution in [0.25, 0.3) is 0 Å². The summed E-state index contributed by atoms with van der Waals surface area (Å²) in [7, 11) is 1.71. The van der Waals surface area contributed by atoms with Gasteiger partial charge in [0.25, 0.3) is 0 Å². The summed E-state index contributed by atoms with van der Waals surface area (Å²) in [5.74, 6) is 0. The van der Waals surface area contributed by atoms with Crippen LogP contribution in [0.1, 0.15) is 28.8 Å². The van der Waals surface area contributed by atoms with Crippen molar-refractivity contribution in [3.05, 3.63) is 35.4 Å². The number of hydrogen-bond donors (Lipinski definition) is 1. The van der Waals surface area contributed by atoms with E-state index in [1.54, 1.807) is 7.11 Å². The van der Waals surface area contributed by atoms with E-state index in [2.05, 4.69) is 5.32 Å². The van der Waals surface area contributed by atoms with E-state index in [0.717, 1.165) is 31.2 Å². The molecule has 1 heterocycles. The van der Waals surface area contributed by atoms with Crippen LogP contribution in [-0.4, -0.2) is 19.9 Å². The largest absolute Gasteiger partial charge is 0.360 e. The Morgan fingerprint density at radius 2 is 2.06 bits per heavy atom. The summed E-state index contributed by atoms with van der Waals surface area (Å²) < 4.78 is 5.56. The van der Waals surface area contributed by atoms with E-state index in [9.17, 15) is 4.79 Å². The summed E-state index contributed by atoms with van der Waals surface area (Å²) in [5, 5.41) is 3.36. The lowest BCUT2D eigenvalue weighted by Crippen LogP contribution is -2.38. The van der Waals surface area contributed by atoms with E-state index in [-0.39, 0.29) is 18.1 Å². The number of ether oxygens (including phenoxy) is 1. The van der Waals surface area contributed by atoms with Gasteiger partial charge < -0.3 is 4.74 Å². The summed E-state index contributed by atoms with van der Waals surface area (Å²) in [6.45, 7) is 0.975. The van der Waals surface area contributed by atoms with Crippen LogP contribution in [-0.2, 0) is 10.5 Å². The SMILES string of the molecule is CO[C@@]1(c2ccc(C=O)cc2)CCCN1.Cl. The van der Waals surface area contributed by atoms with Gasteiger partial charge in [0.2, 0.25) is 0 Å². The van der Waals surface area contributed by atoms with E-state index in [1.807, 2.05) is 24.3 Å². The third-order valence-electron chi connectivity index (χ3n) is 2.98. The fourth-order valence-corrected chi connectivity index (χ4v) is 2.09. The molecule has 4 heteroatoms. The molecule has 0 spiro atoms. The Morgan fingerprint density at radius 3 is 2.50 bits per heavy atom. The molecule has 1 N–H and O–H groups in total. The average Bonchev–Trinajstić information content (AvgIpc) is 2.79. The van der Waals surface area contributed by atoms with Crippen LogP contribution in [0, 0.1) is 0 Å². The molecule has 0 aliphatic carbocycles. The maximum absolute atomic E-state index is 10.5. The molecule has 16 heavy (non-hydrogen) atoms. The number of aldehydes is 1. The van der Waals surface area contributed by atoms with Crippen molar-refractivity contribution >= 4 is 18.7 Å². The van der Waals surface area contributed by atoms with E-state index >= 15 is 0 Å². The van der Waals surface area contributed by atoms with Gasteiger partial charge in [-0.3, -0.25) is 10.1 Å². The maximum atomic E-state index is 10.5. The minimum atomic E-state index is -0.346. The first-order valence-corrected chi connectivity index (χ1v) is 5.17. The number of rotatable bonds is 3. The van der Waals surface area contributed by atoms with E-state index < -0.39 is 0 Å². The molecular weight excluding hydrogens is 226 g/mol. The minimum absolute atomic E-state index is 0. The predicted octanol–water partition coefficient (Wildman–Crippen LogP) is 2.10. The van der Waals surface area contributed by atoms with E-state index in [0.29, 0.717) is 5.56 Å². The minimum Gasteiger partial charge on any atom is -0.360 e. The summed E-state index contributed by atoms with van der Waals surface area (Å²) in [5.41, 5.74) is 1.44. The number of methoxy groups -OCH3 is 1. The van der Waals surface area contributed by atoms with Crippen molar-refractivity contribution in [1.82, 2.24) is 5.32 Å². The van der Waals surface area contributed by atoms with Crippen LogP contribution >= 0.6 is 12.4 Å². The molecule has 3 nitrogen and oxygen atoms in total. The molecular formula is C12H16ClNO2. The van der Waals surface area contributed by atoms with Crippen molar-refractivity contribution in [2.24, 2.45) is 0 Å². The Hall–Kier alpha value is -0.900. The van der Waals surface area contributed by atoms with Crippen LogP contribution in [0.4, 0.5) is 0 Å². The second-order valence-electron chi connectivity index (χ2n) is 3.80. The van der Waals surface area contributed by atoms with Crippen molar-refractivity contribution in [2.45, 2.75) is 18.6 Å². The molecule has 2 rings (SSSR count). The zero-order valence-corrected chi connectivity index (χ0v) is 10.0. The lowest BCUT2D eigenvalue weighted by molar-refractivity contribution is -0.0286. The first-order valence-electron chi connectivity index (χ1n) is 5.17. The number of carbonyl (C=O) groups is 1. The molecule has 0 amide bonds. The maximum Gasteiger partial charge on any atom is 0.150 e. The highest BCUT2D eigenvalue weighted by Crippen LogP contribution is 2.31. The van der Waals surface area contributed by atoms with Crippen molar-refractivity contribution in [3.8, 4) is 0 Å². The Kier molecular flexibility index (Phi) is 4.47. The fraction of sp³-hybridized carbons (Fsp3) is 0.417. The molecule has 1 fully saturated rings. The highest BCUT2D eigenvalue weighted by Gasteiger charge is 2.34. The van der Waals surface area contributed by atoms with Crippen LogP contribution in [0.2, 0.25) is 0 Å². The molecule has 0 unspecified atom stereocenters. The van der Waals surface area contributed by atoms with Crippen LogP contribution in [0.3, 0.4) is 0 Å². The standard InChI is InChI=1S/C12H15NO2.ClH/c1-15-12(7-2-8-13-12)11-5-3-10(9-14)4-6-11;/h3-6,9,13H,2,7-8H2,1H3;1H/t12-;/m1./s1. The summed E-state index contributed by atoms with van der Waals surface area (Å²) in [6.07, 6.45) is 2.94. The Bertz CT molecular complexity index is 345. The molecule has 0 radical (unpaired) electrons. The van der Waals surface area contributed by atoms with Gasteiger partial charge in [0.1, 0.15) is 12.0 Å². The summed E-state index contributed by atoms with van der Waals surface area (Å²) >= 11 is 0. The number of carbonyl (C=O) groups excluding carboxylic acids is 1. The molecule has 0 aromatic heterocycles. The van der Waals surface area contributed by atoms with Gasteiger partial charge in [-0.15, -0.1) is 12.4 Å². The molecule has 1 aliphatic heterocycles. The second kappa shape index (κ2) is 5.43. The number of hydrogen-bond acceptors (Lipinski definition) is 3. The Labute approximate surface area is 102 Å². The topological polar surface area (TPSA) is 38.3 Å². The number of nitrogens with one attached hydrogen (secondary N) is 1. The number of halogens is 1. The van der Waals surface area contributed by atoms with Gasteiger partial charge in [0, 0.05) is 12.7 Å².